The van der Waals surface area contributed by atoms with Gasteiger partial charge in [-0.25, -0.2) is 4.79 Å². The van der Waals surface area contributed by atoms with Gasteiger partial charge in [-0.1, -0.05) is 20.8 Å². The van der Waals surface area contributed by atoms with Crippen LogP contribution in [0.25, 0.3) is 0 Å². The first-order valence-corrected chi connectivity index (χ1v) is 9.45. The monoisotopic (exact) mass is 413 g/mol. The van der Waals surface area contributed by atoms with Crippen LogP contribution in [0.5, 0.6) is 11.5 Å². The molecular formula is C23H27NO6. The summed E-state index contributed by atoms with van der Waals surface area (Å²) < 4.78 is 15.6. The number of hydrogen-bond donors (Lipinski definition) is 1. The third kappa shape index (κ3) is 5.83. The summed E-state index contributed by atoms with van der Waals surface area (Å²) in [6.07, 6.45) is -0.996. The largest absolute Gasteiger partial charge is 0.497 e. The number of carbonyl (C=O) groups is 3. The molecule has 0 spiro atoms. The van der Waals surface area contributed by atoms with Crippen molar-refractivity contribution in [3.8, 4) is 11.5 Å². The van der Waals surface area contributed by atoms with E-state index in [-0.39, 0.29) is 17.3 Å². The molecule has 2 aromatic rings. The van der Waals surface area contributed by atoms with Crippen LogP contribution in [0.4, 0.5) is 5.69 Å². The fourth-order valence-corrected chi connectivity index (χ4v) is 2.48. The van der Waals surface area contributed by atoms with Gasteiger partial charge in [0, 0.05) is 22.7 Å². The topological polar surface area (TPSA) is 90.9 Å². The lowest BCUT2D eigenvalue weighted by atomic mass is 9.95. The molecule has 1 amide bonds. The molecular weight excluding hydrogens is 386 g/mol. The van der Waals surface area contributed by atoms with Crippen LogP contribution in [0.2, 0.25) is 0 Å². The molecule has 0 saturated carbocycles. The van der Waals surface area contributed by atoms with Crippen molar-refractivity contribution in [1.29, 1.82) is 0 Å². The molecule has 7 heteroatoms. The van der Waals surface area contributed by atoms with Crippen LogP contribution in [0, 0.1) is 5.41 Å². The molecule has 0 unspecified atom stereocenters. The highest BCUT2D eigenvalue weighted by molar-refractivity contribution is 6.02. The Morgan fingerprint density at radius 2 is 1.40 bits per heavy atom. The molecule has 160 valence electrons. The van der Waals surface area contributed by atoms with Crippen molar-refractivity contribution in [2.45, 2.75) is 33.8 Å². The van der Waals surface area contributed by atoms with E-state index in [4.69, 9.17) is 14.2 Å². The van der Waals surface area contributed by atoms with Gasteiger partial charge in [-0.15, -0.1) is 0 Å². The summed E-state index contributed by atoms with van der Waals surface area (Å²) in [5.74, 6) is -0.270. The van der Waals surface area contributed by atoms with E-state index in [0.29, 0.717) is 22.7 Å². The Kier molecular flexibility index (Phi) is 7.21. The van der Waals surface area contributed by atoms with Gasteiger partial charge in [-0.2, -0.15) is 0 Å². The number of rotatable bonds is 7. The van der Waals surface area contributed by atoms with Gasteiger partial charge in [-0.3, -0.25) is 9.59 Å². The SMILES string of the molecule is COc1cc(OC)cc(C(=O)O[C@H](C)C(=O)c2ccc(NC(=O)C(C)(C)C)cc2)c1. The molecule has 1 atom stereocenters. The van der Waals surface area contributed by atoms with E-state index in [1.165, 1.54) is 33.3 Å². The van der Waals surface area contributed by atoms with Gasteiger partial charge in [0.2, 0.25) is 11.7 Å². The summed E-state index contributed by atoms with van der Waals surface area (Å²) in [4.78, 5) is 37.2. The zero-order valence-electron chi connectivity index (χ0n) is 18.1. The lowest BCUT2D eigenvalue weighted by Crippen LogP contribution is -2.27. The van der Waals surface area contributed by atoms with Gasteiger partial charge >= 0.3 is 5.97 Å². The van der Waals surface area contributed by atoms with Gasteiger partial charge in [0.15, 0.2) is 6.10 Å². The summed E-state index contributed by atoms with van der Waals surface area (Å²) in [5, 5.41) is 2.79. The number of ketones is 1. The Hall–Kier alpha value is -3.35. The number of methoxy groups -OCH3 is 2. The first-order valence-electron chi connectivity index (χ1n) is 9.45. The van der Waals surface area contributed by atoms with E-state index in [0.717, 1.165) is 0 Å². The molecule has 1 N–H and O–H groups in total. The van der Waals surface area contributed by atoms with Crippen LogP contribution < -0.4 is 14.8 Å². The van der Waals surface area contributed by atoms with Crippen LogP contribution in [0.1, 0.15) is 48.4 Å². The fourth-order valence-electron chi connectivity index (χ4n) is 2.48. The Morgan fingerprint density at radius 3 is 1.87 bits per heavy atom. The molecule has 0 aromatic heterocycles. The van der Waals surface area contributed by atoms with Crippen LogP contribution in [-0.4, -0.2) is 38.0 Å². The van der Waals surface area contributed by atoms with Crippen molar-refractivity contribution in [1.82, 2.24) is 0 Å². The summed E-state index contributed by atoms with van der Waals surface area (Å²) in [5.41, 5.74) is 0.637. The Morgan fingerprint density at radius 1 is 0.867 bits per heavy atom. The first kappa shape index (κ1) is 22.9. The molecule has 7 nitrogen and oxygen atoms in total. The van der Waals surface area contributed by atoms with Crippen molar-refractivity contribution in [2.24, 2.45) is 5.41 Å². The van der Waals surface area contributed by atoms with E-state index < -0.39 is 17.5 Å². The molecule has 0 fully saturated rings. The van der Waals surface area contributed by atoms with Crippen molar-refractivity contribution in [3.63, 3.8) is 0 Å². The number of Topliss-reactive ketones (excluding diaryl/α,β-unsaturated/α-hetero) is 1. The third-order valence-electron chi connectivity index (χ3n) is 4.35. The lowest BCUT2D eigenvalue weighted by Gasteiger charge is -2.18. The molecule has 0 radical (unpaired) electrons. The van der Waals surface area contributed by atoms with E-state index >= 15 is 0 Å². The quantitative estimate of drug-likeness (QED) is 0.542. The molecule has 0 saturated heterocycles. The number of anilines is 1. The smallest absolute Gasteiger partial charge is 0.339 e. The average molecular weight is 413 g/mol. The number of hydrogen-bond acceptors (Lipinski definition) is 6. The highest BCUT2D eigenvalue weighted by atomic mass is 16.5. The molecule has 0 bridgehead atoms. The second-order valence-electron chi connectivity index (χ2n) is 7.79. The molecule has 30 heavy (non-hydrogen) atoms. The Bertz CT molecular complexity index is 905. The van der Waals surface area contributed by atoms with Crippen LogP contribution in [-0.2, 0) is 9.53 Å². The van der Waals surface area contributed by atoms with E-state index in [1.807, 2.05) is 20.8 Å². The van der Waals surface area contributed by atoms with Crippen molar-refractivity contribution in [2.75, 3.05) is 19.5 Å². The number of esters is 1. The van der Waals surface area contributed by atoms with E-state index in [2.05, 4.69) is 5.32 Å². The maximum Gasteiger partial charge on any atom is 0.339 e. The summed E-state index contributed by atoms with van der Waals surface area (Å²) in [6.45, 7) is 6.95. The minimum Gasteiger partial charge on any atom is -0.497 e. The Balaban J connectivity index is 2.07. The van der Waals surface area contributed by atoms with Crippen LogP contribution in [0.15, 0.2) is 42.5 Å². The maximum atomic E-state index is 12.6. The minimum absolute atomic E-state index is 0.127. The first-order chi connectivity index (χ1) is 14.0. The number of carbonyl (C=O) groups excluding carboxylic acids is 3. The predicted molar refractivity (Wildman–Crippen MR) is 113 cm³/mol. The van der Waals surface area contributed by atoms with Crippen LogP contribution >= 0.6 is 0 Å². The van der Waals surface area contributed by atoms with E-state index in [1.54, 1.807) is 30.3 Å². The molecule has 2 rings (SSSR count). The molecule has 0 heterocycles. The van der Waals surface area contributed by atoms with Crippen molar-refractivity contribution in [3.05, 3.63) is 53.6 Å². The fraction of sp³-hybridized carbons (Fsp3) is 0.348. The van der Waals surface area contributed by atoms with Gasteiger partial charge < -0.3 is 19.5 Å². The number of amides is 1. The molecule has 0 aliphatic carbocycles. The summed E-state index contributed by atoms with van der Waals surface area (Å²) >= 11 is 0. The van der Waals surface area contributed by atoms with Crippen molar-refractivity contribution < 1.29 is 28.6 Å². The van der Waals surface area contributed by atoms with Crippen molar-refractivity contribution >= 4 is 23.3 Å². The standard InChI is InChI=1S/C23H27NO6/c1-14(30-21(26)16-11-18(28-5)13-19(12-16)29-6)20(25)15-7-9-17(10-8-15)24-22(27)23(2,3)4/h7-14H,1-6H3,(H,24,27)/t14-/m1/s1. The second-order valence-corrected chi connectivity index (χ2v) is 7.79. The zero-order valence-corrected chi connectivity index (χ0v) is 18.1. The number of nitrogens with one attached hydrogen (secondary N) is 1. The van der Waals surface area contributed by atoms with Gasteiger partial charge in [0.25, 0.3) is 0 Å². The number of ether oxygens (including phenoxy) is 3. The lowest BCUT2D eigenvalue weighted by molar-refractivity contribution is -0.123. The van der Waals surface area contributed by atoms with Crippen LogP contribution in [0.3, 0.4) is 0 Å². The molecule has 2 aromatic carbocycles. The maximum absolute atomic E-state index is 12.6. The zero-order chi connectivity index (χ0) is 22.5. The normalized spacial score (nSPS) is 11.9. The highest BCUT2D eigenvalue weighted by Gasteiger charge is 2.23. The Labute approximate surface area is 176 Å². The van der Waals surface area contributed by atoms with E-state index in [9.17, 15) is 14.4 Å². The minimum atomic E-state index is -0.996. The second kappa shape index (κ2) is 9.43. The summed E-state index contributed by atoms with van der Waals surface area (Å²) in [7, 11) is 2.95. The number of benzene rings is 2. The van der Waals surface area contributed by atoms with Gasteiger partial charge in [0.05, 0.1) is 19.8 Å². The molecule has 0 aliphatic rings. The average Bonchev–Trinajstić information content (AvgIpc) is 2.72. The predicted octanol–water partition coefficient (Wildman–Crippen LogP) is 4.12. The van der Waals surface area contributed by atoms with Gasteiger partial charge in [0.1, 0.15) is 11.5 Å². The van der Waals surface area contributed by atoms with Gasteiger partial charge in [-0.05, 0) is 43.3 Å². The summed E-state index contributed by atoms with van der Waals surface area (Å²) in [6, 6.07) is 11.1. The highest BCUT2D eigenvalue weighted by Crippen LogP contribution is 2.24. The third-order valence-corrected chi connectivity index (χ3v) is 4.35. The molecule has 0 aliphatic heterocycles.